The van der Waals surface area contributed by atoms with Crippen LogP contribution in [0, 0.1) is 11.8 Å². The average molecular weight is 316 g/mol. The summed E-state index contributed by atoms with van der Waals surface area (Å²) in [7, 11) is -1.48. The van der Waals surface area contributed by atoms with Gasteiger partial charge in [0.25, 0.3) is 0 Å². The lowest BCUT2D eigenvalue weighted by Crippen LogP contribution is -2.31. The van der Waals surface area contributed by atoms with E-state index in [4.69, 9.17) is 0 Å². The van der Waals surface area contributed by atoms with Crippen LogP contribution >= 0.6 is 11.3 Å². The Morgan fingerprint density at radius 3 is 2.65 bits per heavy atom. The van der Waals surface area contributed by atoms with Crippen LogP contribution in [0.1, 0.15) is 37.5 Å². The lowest BCUT2D eigenvalue weighted by Gasteiger charge is -2.26. The minimum atomic E-state index is -3.34. The minimum Gasteiger partial charge on any atom is -0.315 e. The normalized spacial score (nSPS) is 23.9. The first kappa shape index (κ1) is 15.9. The summed E-state index contributed by atoms with van der Waals surface area (Å²) in [4.78, 5) is 1.44. The molecule has 1 aliphatic rings. The number of nitrogens with one attached hydrogen (secondary N) is 2. The van der Waals surface area contributed by atoms with Gasteiger partial charge in [0, 0.05) is 23.3 Å². The van der Waals surface area contributed by atoms with E-state index in [9.17, 15) is 8.42 Å². The fourth-order valence-corrected chi connectivity index (χ4v) is 5.02. The number of hydrogen-bond acceptors (Lipinski definition) is 4. The first-order valence-corrected chi connectivity index (χ1v) is 9.59. The molecule has 20 heavy (non-hydrogen) atoms. The number of sulfonamides is 1. The highest BCUT2D eigenvalue weighted by atomic mass is 32.2. The maximum Gasteiger partial charge on any atom is 0.241 e. The molecule has 1 heterocycles. The van der Waals surface area contributed by atoms with Gasteiger partial charge >= 0.3 is 0 Å². The molecule has 0 amide bonds. The molecule has 4 nitrogen and oxygen atoms in total. The Hall–Kier alpha value is -0.430. The van der Waals surface area contributed by atoms with Crippen LogP contribution in [-0.2, 0) is 16.6 Å². The molecule has 0 aromatic carbocycles. The van der Waals surface area contributed by atoms with Crippen molar-refractivity contribution >= 4 is 21.4 Å². The standard InChI is InChI=1S/C14H24N2O2S2/c1-11-3-5-12(6-4-11)8-16-20(17,18)14-7-13(9-15-2)19-10-14/h7,10-12,15-16H,3-6,8-9H2,1-2H3. The molecule has 1 fully saturated rings. The van der Waals surface area contributed by atoms with Gasteiger partial charge < -0.3 is 5.32 Å². The van der Waals surface area contributed by atoms with E-state index >= 15 is 0 Å². The predicted octanol–water partition coefficient (Wildman–Crippen LogP) is 2.57. The highest BCUT2D eigenvalue weighted by molar-refractivity contribution is 7.89. The fourth-order valence-electron chi connectivity index (χ4n) is 2.61. The molecule has 6 heteroatoms. The summed E-state index contributed by atoms with van der Waals surface area (Å²) in [6, 6.07) is 1.76. The number of rotatable bonds is 6. The molecule has 0 saturated heterocycles. The summed E-state index contributed by atoms with van der Waals surface area (Å²) in [6.45, 7) is 3.56. The third-order valence-electron chi connectivity index (χ3n) is 3.99. The van der Waals surface area contributed by atoms with Crippen molar-refractivity contribution < 1.29 is 8.42 Å². The highest BCUT2D eigenvalue weighted by Gasteiger charge is 2.21. The van der Waals surface area contributed by atoms with Crippen LogP contribution in [0.25, 0.3) is 0 Å². The smallest absolute Gasteiger partial charge is 0.241 e. The predicted molar refractivity (Wildman–Crippen MR) is 83.4 cm³/mol. The second-order valence-corrected chi connectivity index (χ2v) is 8.52. The monoisotopic (exact) mass is 316 g/mol. The largest absolute Gasteiger partial charge is 0.315 e. The van der Waals surface area contributed by atoms with E-state index in [1.54, 1.807) is 11.4 Å². The van der Waals surface area contributed by atoms with Crippen LogP contribution < -0.4 is 10.0 Å². The lowest BCUT2D eigenvalue weighted by molar-refractivity contribution is 0.290. The van der Waals surface area contributed by atoms with Crippen LogP contribution in [0.4, 0.5) is 0 Å². The van der Waals surface area contributed by atoms with Crippen molar-refractivity contribution in [3.63, 3.8) is 0 Å². The molecule has 0 bridgehead atoms. The lowest BCUT2D eigenvalue weighted by atomic mass is 9.83. The number of hydrogen-bond donors (Lipinski definition) is 2. The van der Waals surface area contributed by atoms with Gasteiger partial charge in [-0.3, -0.25) is 0 Å². The van der Waals surface area contributed by atoms with Gasteiger partial charge in [-0.2, -0.15) is 0 Å². The molecule has 0 atom stereocenters. The van der Waals surface area contributed by atoms with Crippen molar-refractivity contribution in [1.82, 2.24) is 10.0 Å². The summed E-state index contributed by atoms with van der Waals surface area (Å²) in [5.41, 5.74) is 0. The first-order chi connectivity index (χ1) is 9.51. The van der Waals surface area contributed by atoms with Crippen molar-refractivity contribution in [1.29, 1.82) is 0 Å². The Bertz CT molecular complexity index is 517. The van der Waals surface area contributed by atoms with Gasteiger partial charge in [0.15, 0.2) is 0 Å². The van der Waals surface area contributed by atoms with Crippen molar-refractivity contribution in [3.05, 3.63) is 16.3 Å². The van der Waals surface area contributed by atoms with E-state index in [0.29, 0.717) is 23.9 Å². The molecular formula is C14H24N2O2S2. The SMILES string of the molecule is CNCc1cc(S(=O)(=O)NCC2CCC(C)CC2)cs1. The second-order valence-electron chi connectivity index (χ2n) is 5.76. The molecule has 0 radical (unpaired) electrons. The molecule has 2 rings (SSSR count). The quantitative estimate of drug-likeness (QED) is 0.848. The molecular weight excluding hydrogens is 292 g/mol. The Morgan fingerprint density at radius 2 is 2.00 bits per heavy atom. The zero-order valence-corrected chi connectivity index (χ0v) is 13.8. The van der Waals surface area contributed by atoms with Gasteiger partial charge in [-0.25, -0.2) is 13.1 Å². The molecule has 114 valence electrons. The van der Waals surface area contributed by atoms with Gasteiger partial charge in [-0.15, -0.1) is 11.3 Å². The van der Waals surface area contributed by atoms with Gasteiger partial charge in [-0.1, -0.05) is 19.8 Å². The van der Waals surface area contributed by atoms with Gasteiger partial charge in [0.2, 0.25) is 10.0 Å². The Balaban J connectivity index is 1.90. The second kappa shape index (κ2) is 7.02. The van der Waals surface area contributed by atoms with Gasteiger partial charge in [0.05, 0.1) is 4.90 Å². The van der Waals surface area contributed by atoms with E-state index in [1.807, 2.05) is 7.05 Å². The summed E-state index contributed by atoms with van der Waals surface area (Å²) >= 11 is 1.48. The molecule has 2 N–H and O–H groups in total. The van der Waals surface area contributed by atoms with E-state index < -0.39 is 10.0 Å². The van der Waals surface area contributed by atoms with Crippen LogP contribution in [0.15, 0.2) is 16.3 Å². The molecule has 0 aliphatic heterocycles. The van der Waals surface area contributed by atoms with Crippen LogP contribution in [0.5, 0.6) is 0 Å². The molecule has 1 aliphatic carbocycles. The first-order valence-electron chi connectivity index (χ1n) is 7.23. The molecule has 1 saturated carbocycles. The third kappa shape index (κ3) is 4.28. The van der Waals surface area contributed by atoms with E-state index in [2.05, 4.69) is 17.0 Å². The van der Waals surface area contributed by atoms with Gasteiger partial charge in [0.1, 0.15) is 0 Å². The highest BCUT2D eigenvalue weighted by Crippen LogP contribution is 2.28. The number of thiophene rings is 1. The minimum absolute atomic E-state index is 0.400. The third-order valence-corrected chi connectivity index (χ3v) is 6.48. The van der Waals surface area contributed by atoms with Crippen LogP contribution in [0.3, 0.4) is 0 Å². The van der Waals surface area contributed by atoms with Crippen molar-refractivity contribution in [2.45, 2.75) is 44.0 Å². The maximum absolute atomic E-state index is 12.2. The topological polar surface area (TPSA) is 58.2 Å². The Labute approximate surface area is 126 Å². The van der Waals surface area contributed by atoms with Crippen molar-refractivity contribution in [2.75, 3.05) is 13.6 Å². The molecule has 0 spiro atoms. The Kier molecular flexibility index (Phi) is 5.60. The average Bonchev–Trinajstić information content (AvgIpc) is 2.88. The van der Waals surface area contributed by atoms with E-state index in [1.165, 1.54) is 24.2 Å². The molecule has 1 aromatic rings. The van der Waals surface area contributed by atoms with Crippen LogP contribution in [0.2, 0.25) is 0 Å². The van der Waals surface area contributed by atoms with Crippen molar-refractivity contribution in [2.24, 2.45) is 11.8 Å². The molecule has 0 unspecified atom stereocenters. The summed E-state index contributed by atoms with van der Waals surface area (Å²) in [5, 5.41) is 4.75. The Morgan fingerprint density at radius 1 is 1.30 bits per heavy atom. The molecule has 1 aromatic heterocycles. The fraction of sp³-hybridized carbons (Fsp3) is 0.714. The van der Waals surface area contributed by atoms with E-state index in [0.717, 1.165) is 23.6 Å². The summed E-state index contributed by atoms with van der Waals surface area (Å²) < 4.78 is 27.2. The van der Waals surface area contributed by atoms with E-state index in [-0.39, 0.29) is 0 Å². The summed E-state index contributed by atoms with van der Waals surface area (Å²) in [5.74, 6) is 1.29. The zero-order chi connectivity index (χ0) is 14.6. The van der Waals surface area contributed by atoms with Gasteiger partial charge in [-0.05, 0) is 37.8 Å². The van der Waals surface area contributed by atoms with Crippen molar-refractivity contribution in [3.8, 4) is 0 Å². The zero-order valence-electron chi connectivity index (χ0n) is 12.2. The van der Waals surface area contributed by atoms with Crippen LogP contribution in [-0.4, -0.2) is 22.0 Å². The summed E-state index contributed by atoms with van der Waals surface area (Å²) in [6.07, 6.45) is 4.71. The maximum atomic E-state index is 12.2.